The Morgan fingerprint density at radius 3 is 2.65 bits per heavy atom. The number of imidazole rings is 1. The van der Waals surface area contributed by atoms with E-state index in [4.69, 9.17) is 0 Å². The number of aromatic amines is 1. The standard InChI is InChI=1S/C12H9F3N2/c13-7-3-8(11(15)9(14)4-7)12-16-5-10(17-12)6-1-2-6/h3-6H,1-2H2,(H,16,17). The van der Waals surface area contributed by atoms with Gasteiger partial charge in [0.2, 0.25) is 0 Å². The van der Waals surface area contributed by atoms with Crippen LogP contribution in [0, 0.1) is 17.5 Å². The first kappa shape index (κ1) is 10.4. The van der Waals surface area contributed by atoms with Crippen molar-refractivity contribution in [3.05, 3.63) is 41.5 Å². The van der Waals surface area contributed by atoms with Crippen LogP contribution < -0.4 is 0 Å². The fourth-order valence-electron chi connectivity index (χ4n) is 1.80. The smallest absolute Gasteiger partial charge is 0.169 e. The number of rotatable bonds is 2. The van der Waals surface area contributed by atoms with Crippen molar-refractivity contribution in [3.8, 4) is 11.4 Å². The van der Waals surface area contributed by atoms with E-state index in [0.717, 1.165) is 24.6 Å². The fourth-order valence-corrected chi connectivity index (χ4v) is 1.80. The van der Waals surface area contributed by atoms with Gasteiger partial charge in [-0.15, -0.1) is 0 Å². The number of aromatic nitrogens is 2. The van der Waals surface area contributed by atoms with E-state index in [1.807, 2.05) is 0 Å². The molecule has 17 heavy (non-hydrogen) atoms. The highest BCUT2D eigenvalue weighted by molar-refractivity contribution is 5.56. The van der Waals surface area contributed by atoms with E-state index in [1.165, 1.54) is 0 Å². The molecule has 1 aromatic heterocycles. The Balaban J connectivity index is 2.07. The monoisotopic (exact) mass is 238 g/mol. The van der Waals surface area contributed by atoms with Crippen molar-refractivity contribution in [1.82, 2.24) is 9.97 Å². The molecule has 2 nitrogen and oxygen atoms in total. The molecule has 1 heterocycles. The fraction of sp³-hybridized carbons (Fsp3) is 0.250. The molecule has 1 N–H and O–H groups in total. The van der Waals surface area contributed by atoms with Gasteiger partial charge in [-0.05, 0) is 18.9 Å². The van der Waals surface area contributed by atoms with Crippen molar-refractivity contribution in [2.45, 2.75) is 18.8 Å². The summed E-state index contributed by atoms with van der Waals surface area (Å²) in [6.07, 6.45) is 3.73. The molecule has 1 aliphatic carbocycles. The van der Waals surface area contributed by atoms with Gasteiger partial charge >= 0.3 is 0 Å². The summed E-state index contributed by atoms with van der Waals surface area (Å²) in [5.41, 5.74) is 0.721. The highest BCUT2D eigenvalue weighted by Gasteiger charge is 2.26. The van der Waals surface area contributed by atoms with E-state index in [0.29, 0.717) is 12.0 Å². The molecule has 0 radical (unpaired) electrons. The molecule has 1 aromatic carbocycles. The zero-order valence-corrected chi connectivity index (χ0v) is 8.80. The molecule has 0 bridgehead atoms. The second kappa shape index (κ2) is 3.61. The minimum absolute atomic E-state index is 0.169. The van der Waals surface area contributed by atoms with Crippen LogP contribution in [-0.4, -0.2) is 9.97 Å². The quantitative estimate of drug-likeness (QED) is 0.798. The molecule has 88 valence electrons. The maximum Gasteiger partial charge on any atom is 0.169 e. The molecular weight excluding hydrogens is 229 g/mol. The van der Waals surface area contributed by atoms with Crippen LogP contribution in [0.3, 0.4) is 0 Å². The summed E-state index contributed by atoms with van der Waals surface area (Å²) in [6, 6.07) is 1.46. The summed E-state index contributed by atoms with van der Waals surface area (Å²) in [5, 5.41) is 0. The Bertz CT molecular complexity index is 573. The SMILES string of the molecule is Fc1cc(F)c(F)c(-c2ncc(C3CC3)[nH]2)c1. The van der Waals surface area contributed by atoms with E-state index in [1.54, 1.807) is 6.20 Å². The number of hydrogen-bond acceptors (Lipinski definition) is 1. The molecule has 0 unspecified atom stereocenters. The van der Waals surface area contributed by atoms with Crippen LogP contribution in [0.25, 0.3) is 11.4 Å². The van der Waals surface area contributed by atoms with E-state index in [-0.39, 0.29) is 11.4 Å². The molecule has 3 rings (SSSR count). The van der Waals surface area contributed by atoms with Crippen molar-refractivity contribution in [1.29, 1.82) is 0 Å². The lowest BCUT2D eigenvalue weighted by Gasteiger charge is -2.01. The lowest BCUT2D eigenvalue weighted by atomic mass is 10.2. The average molecular weight is 238 g/mol. The molecular formula is C12H9F3N2. The zero-order chi connectivity index (χ0) is 12.0. The van der Waals surface area contributed by atoms with Crippen LogP contribution in [0.4, 0.5) is 13.2 Å². The van der Waals surface area contributed by atoms with Crippen molar-refractivity contribution < 1.29 is 13.2 Å². The number of nitrogens with one attached hydrogen (secondary N) is 1. The third-order valence-corrected chi connectivity index (χ3v) is 2.86. The molecule has 0 aliphatic heterocycles. The van der Waals surface area contributed by atoms with Gasteiger partial charge in [-0.2, -0.15) is 0 Å². The third kappa shape index (κ3) is 1.81. The molecule has 0 amide bonds. The van der Waals surface area contributed by atoms with E-state index < -0.39 is 17.5 Å². The third-order valence-electron chi connectivity index (χ3n) is 2.86. The lowest BCUT2D eigenvalue weighted by Crippen LogP contribution is -1.93. The van der Waals surface area contributed by atoms with Gasteiger partial charge < -0.3 is 4.98 Å². The molecule has 0 spiro atoms. The summed E-state index contributed by atoms with van der Waals surface area (Å²) in [5.74, 6) is -2.50. The first-order valence-corrected chi connectivity index (χ1v) is 5.35. The maximum absolute atomic E-state index is 13.5. The molecule has 1 aliphatic rings. The minimum atomic E-state index is -1.20. The summed E-state index contributed by atoms with van der Waals surface area (Å²) in [7, 11) is 0. The Morgan fingerprint density at radius 2 is 1.94 bits per heavy atom. The largest absolute Gasteiger partial charge is 0.342 e. The van der Waals surface area contributed by atoms with Gasteiger partial charge in [0.05, 0.1) is 5.56 Å². The van der Waals surface area contributed by atoms with Gasteiger partial charge in [-0.1, -0.05) is 0 Å². The Kier molecular flexibility index (Phi) is 2.21. The van der Waals surface area contributed by atoms with E-state index in [9.17, 15) is 13.2 Å². The Hall–Kier alpha value is -1.78. The predicted molar refractivity (Wildman–Crippen MR) is 55.9 cm³/mol. The second-order valence-electron chi connectivity index (χ2n) is 4.21. The van der Waals surface area contributed by atoms with E-state index >= 15 is 0 Å². The number of halogens is 3. The number of H-pyrrole nitrogens is 1. The molecule has 2 aromatic rings. The molecule has 5 heteroatoms. The van der Waals surface area contributed by atoms with Crippen molar-refractivity contribution in [2.24, 2.45) is 0 Å². The van der Waals surface area contributed by atoms with Crippen molar-refractivity contribution >= 4 is 0 Å². The summed E-state index contributed by atoms with van der Waals surface area (Å²) >= 11 is 0. The average Bonchev–Trinajstić information content (AvgIpc) is 3.02. The zero-order valence-electron chi connectivity index (χ0n) is 8.80. The summed E-state index contributed by atoms with van der Waals surface area (Å²) in [6.45, 7) is 0. The normalized spacial score (nSPS) is 15.2. The van der Waals surface area contributed by atoms with Gasteiger partial charge in [0.1, 0.15) is 11.6 Å². The molecule has 1 saturated carbocycles. The Labute approximate surface area is 95.5 Å². The number of benzene rings is 1. The summed E-state index contributed by atoms with van der Waals surface area (Å²) < 4.78 is 39.6. The van der Waals surface area contributed by atoms with Gasteiger partial charge in [0.15, 0.2) is 11.6 Å². The van der Waals surface area contributed by atoms with Crippen LogP contribution in [0.1, 0.15) is 24.5 Å². The predicted octanol–water partition coefficient (Wildman–Crippen LogP) is 3.37. The highest BCUT2D eigenvalue weighted by Crippen LogP contribution is 2.39. The van der Waals surface area contributed by atoms with Crippen LogP contribution in [0.15, 0.2) is 18.3 Å². The van der Waals surface area contributed by atoms with E-state index in [2.05, 4.69) is 9.97 Å². The van der Waals surface area contributed by atoms with Crippen LogP contribution in [-0.2, 0) is 0 Å². The molecule has 1 fully saturated rings. The first-order chi connectivity index (χ1) is 8.15. The van der Waals surface area contributed by atoms with Gasteiger partial charge in [-0.3, -0.25) is 0 Å². The molecule has 0 atom stereocenters. The topological polar surface area (TPSA) is 28.7 Å². The van der Waals surface area contributed by atoms with Gasteiger partial charge in [0.25, 0.3) is 0 Å². The highest BCUT2D eigenvalue weighted by atomic mass is 19.2. The minimum Gasteiger partial charge on any atom is -0.342 e. The number of nitrogens with zero attached hydrogens (tertiary/aromatic N) is 1. The first-order valence-electron chi connectivity index (χ1n) is 5.35. The maximum atomic E-state index is 13.5. The van der Waals surface area contributed by atoms with Crippen molar-refractivity contribution in [2.75, 3.05) is 0 Å². The Morgan fingerprint density at radius 1 is 1.18 bits per heavy atom. The lowest BCUT2D eigenvalue weighted by molar-refractivity contribution is 0.497. The molecule has 0 saturated heterocycles. The van der Waals surface area contributed by atoms with Crippen molar-refractivity contribution in [3.63, 3.8) is 0 Å². The number of hydrogen-bond donors (Lipinski definition) is 1. The van der Waals surface area contributed by atoms with Gasteiger partial charge in [0, 0.05) is 23.9 Å². The van der Waals surface area contributed by atoms with Crippen LogP contribution >= 0.6 is 0 Å². The van der Waals surface area contributed by atoms with Crippen LogP contribution in [0.5, 0.6) is 0 Å². The van der Waals surface area contributed by atoms with Gasteiger partial charge in [-0.25, -0.2) is 18.2 Å². The van der Waals surface area contributed by atoms with Crippen LogP contribution in [0.2, 0.25) is 0 Å². The second-order valence-corrected chi connectivity index (χ2v) is 4.21. The summed E-state index contributed by atoms with van der Waals surface area (Å²) in [4.78, 5) is 6.86.